The molecule has 2 aliphatic rings. The molecule has 15 heavy (non-hydrogen) atoms. The predicted molar refractivity (Wildman–Crippen MR) is 53.1 cm³/mol. The van der Waals surface area contributed by atoms with Crippen LogP contribution in [-0.4, -0.2) is 34.0 Å². The maximum absolute atomic E-state index is 11.2. The van der Waals surface area contributed by atoms with Gasteiger partial charge >= 0.3 is 5.97 Å². The minimum Gasteiger partial charge on any atom is -0.456 e. The average Bonchev–Trinajstić information content (AvgIpc) is 2.43. The van der Waals surface area contributed by atoms with Gasteiger partial charge in [-0.1, -0.05) is 13.8 Å². The van der Waals surface area contributed by atoms with E-state index in [9.17, 15) is 15.0 Å². The van der Waals surface area contributed by atoms with Crippen LogP contribution in [0.3, 0.4) is 0 Å². The van der Waals surface area contributed by atoms with Gasteiger partial charge in [0.05, 0.1) is 6.10 Å². The highest BCUT2D eigenvalue weighted by atomic mass is 16.6. The van der Waals surface area contributed by atoms with Gasteiger partial charge in [0.15, 0.2) is 0 Å². The summed E-state index contributed by atoms with van der Waals surface area (Å²) in [4.78, 5) is 11.2. The number of ether oxygens (including phenoxy) is 1. The third-order valence-electron chi connectivity index (χ3n) is 3.51. The minimum absolute atomic E-state index is 0.0940. The van der Waals surface area contributed by atoms with Gasteiger partial charge in [-0.3, -0.25) is 4.79 Å². The van der Waals surface area contributed by atoms with E-state index in [1.165, 1.54) is 0 Å². The number of esters is 1. The molecular weight excluding hydrogens is 196 g/mol. The van der Waals surface area contributed by atoms with Crippen LogP contribution in [0.5, 0.6) is 0 Å². The molecule has 0 aromatic carbocycles. The smallest absolute Gasteiger partial charge is 0.306 e. The Morgan fingerprint density at radius 3 is 2.60 bits per heavy atom. The summed E-state index contributed by atoms with van der Waals surface area (Å²) in [6.07, 6.45) is 0.321. The fourth-order valence-corrected chi connectivity index (χ4v) is 2.99. The molecule has 0 aromatic rings. The van der Waals surface area contributed by atoms with Crippen LogP contribution in [0.15, 0.2) is 0 Å². The second kappa shape index (κ2) is 3.19. The van der Waals surface area contributed by atoms with Gasteiger partial charge in [-0.05, 0) is 18.3 Å². The van der Waals surface area contributed by atoms with Crippen LogP contribution in [-0.2, 0) is 9.53 Å². The molecule has 0 radical (unpaired) electrons. The zero-order chi connectivity index (χ0) is 11.3. The Balaban J connectivity index is 2.26. The van der Waals surface area contributed by atoms with Crippen LogP contribution in [0, 0.1) is 5.41 Å². The highest BCUT2D eigenvalue weighted by molar-refractivity contribution is 5.72. The summed E-state index contributed by atoms with van der Waals surface area (Å²) < 4.78 is 5.26. The summed E-state index contributed by atoms with van der Waals surface area (Å²) in [5.74, 6) is -0.265. The van der Waals surface area contributed by atoms with Crippen LogP contribution in [0.2, 0.25) is 0 Å². The quantitative estimate of drug-likeness (QED) is 0.580. The number of rotatable bonds is 0. The lowest BCUT2D eigenvalue weighted by atomic mass is 9.66. The highest BCUT2D eigenvalue weighted by Gasteiger charge is 2.55. The van der Waals surface area contributed by atoms with Crippen molar-refractivity contribution in [2.24, 2.45) is 5.41 Å². The molecule has 2 N–H and O–H groups in total. The van der Waals surface area contributed by atoms with Crippen molar-refractivity contribution in [3.8, 4) is 0 Å². The Morgan fingerprint density at radius 2 is 2.07 bits per heavy atom. The van der Waals surface area contributed by atoms with Crippen molar-refractivity contribution in [1.82, 2.24) is 0 Å². The monoisotopic (exact) mass is 214 g/mol. The summed E-state index contributed by atoms with van der Waals surface area (Å²) in [7, 11) is 0. The topological polar surface area (TPSA) is 66.8 Å². The number of aliphatic hydroxyl groups excluding tert-OH is 2. The summed E-state index contributed by atoms with van der Waals surface area (Å²) in [5, 5.41) is 19.7. The normalized spacial score (nSPS) is 44.4. The van der Waals surface area contributed by atoms with E-state index in [1.807, 2.05) is 13.8 Å². The fourth-order valence-electron chi connectivity index (χ4n) is 2.99. The molecule has 1 heterocycles. The third kappa shape index (κ3) is 1.76. The second-order valence-electron chi connectivity index (χ2n) is 5.60. The largest absolute Gasteiger partial charge is 0.456 e. The molecule has 4 nitrogen and oxygen atoms in total. The van der Waals surface area contributed by atoms with Crippen molar-refractivity contribution < 1.29 is 19.7 Å². The van der Waals surface area contributed by atoms with Crippen molar-refractivity contribution in [2.45, 2.75) is 57.3 Å². The minimum atomic E-state index is -0.933. The molecule has 2 rings (SSSR count). The van der Waals surface area contributed by atoms with Gasteiger partial charge in [0.1, 0.15) is 11.7 Å². The van der Waals surface area contributed by atoms with Gasteiger partial charge in [0.2, 0.25) is 0 Å². The second-order valence-corrected chi connectivity index (χ2v) is 5.60. The maximum Gasteiger partial charge on any atom is 0.306 e. The van der Waals surface area contributed by atoms with E-state index < -0.39 is 17.8 Å². The summed E-state index contributed by atoms with van der Waals surface area (Å²) in [6, 6.07) is 0. The summed E-state index contributed by atoms with van der Waals surface area (Å²) >= 11 is 0. The standard InChI is InChI=1S/C11H18O4/c1-10(2)5-7(12)9(14)11(6-10)4-3-8(13)15-11/h7,9,12,14H,3-6H2,1-2H3/t7-,9-,11-/m1/s1. The maximum atomic E-state index is 11.2. The Morgan fingerprint density at radius 1 is 1.40 bits per heavy atom. The molecule has 2 fully saturated rings. The predicted octanol–water partition coefficient (Wildman–Crippen LogP) is 0.604. The van der Waals surface area contributed by atoms with Gasteiger partial charge < -0.3 is 14.9 Å². The molecule has 4 heteroatoms. The average molecular weight is 214 g/mol. The Bertz CT molecular complexity index is 286. The molecule has 86 valence electrons. The number of hydrogen-bond acceptors (Lipinski definition) is 4. The molecule has 0 unspecified atom stereocenters. The Labute approximate surface area is 89.2 Å². The fraction of sp³-hybridized carbons (Fsp3) is 0.909. The molecule has 1 saturated carbocycles. The molecule has 1 spiro atoms. The van der Waals surface area contributed by atoms with E-state index in [-0.39, 0.29) is 11.4 Å². The van der Waals surface area contributed by atoms with E-state index in [4.69, 9.17) is 4.74 Å². The van der Waals surface area contributed by atoms with Gasteiger partial charge in [0.25, 0.3) is 0 Å². The summed E-state index contributed by atoms with van der Waals surface area (Å²) in [6.45, 7) is 4.05. The lowest BCUT2D eigenvalue weighted by molar-refractivity contribution is -0.192. The molecule has 0 amide bonds. The van der Waals surface area contributed by atoms with Gasteiger partial charge in [-0.25, -0.2) is 0 Å². The zero-order valence-electron chi connectivity index (χ0n) is 9.19. The zero-order valence-corrected chi connectivity index (χ0v) is 9.19. The molecule has 1 aliphatic carbocycles. The highest BCUT2D eigenvalue weighted by Crippen LogP contribution is 2.47. The van der Waals surface area contributed by atoms with E-state index in [1.54, 1.807) is 0 Å². The van der Waals surface area contributed by atoms with E-state index in [0.717, 1.165) is 0 Å². The molecule has 0 aromatic heterocycles. The molecular formula is C11H18O4. The molecule has 1 saturated heterocycles. The third-order valence-corrected chi connectivity index (χ3v) is 3.51. The Kier molecular flexibility index (Phi) is 2.32. The van der Waals surface area contributed by atoms with Gasteiger partial charge in [-0.15, -0.1) is 0 Å². The first-order valence-corrected chi connectivity index (χ1v) is 5.43. The lowest BCUT2D eigenvalue weighted by Gasteiger charge is -2.47. The first-order chi connectivity index (χ1) is 6.85. The van der Waals surface area contributed by atoms with Crippen LogP contribution < -0.4 is 0 Å². The van der Waals surface area contributed by atoms with E-state index in [2.05, 4.69) is 0 Å². The van der Waals surface area contributed by atoms with Crippen LogP contribution in [0.4, 0.5) is 0 Å². The lowest BCUT2D eigenvalue weighted by Crippen LogP contribution is -2.56. The van der Waals surface area contributed by atoms with Crippen LogP contribution in [0.25, 0.3) is 0 Å². The van der Waals surface area contributed by atoms with E-state index in [0.29, 0.717) is 25.7 Å². The number of hydrogen-bond donors (Lipinski definition) is 2. The van der Waals surface area contributed by atoms with Crippen LogP contribution >= 0.6 is 0 Å². The first kappa shape index (κ1) is 10.9. The number of carbonyl (C=O) groups excluding carboxylic acids is 1. The number of carbonyl (C=O) groups is 1. The van der Waals surface area contributed by atoms with Crippen molar-refractivity contribution in [1.29, 1.82) is 0 Å². The molecule has 3 atom stereocenters. The van der Waals surface area contributed by atoms with E-state index >= 15 is 0 Å². The molecule has 1 aliphatic heterocycles. The van der Waals surface area contributed by atoms with Crippen molar-refractivity contribution >= 4 is 5.97 Å². The van der Waals surface area contributed by atoms with Crippen LogP contribution in [0.1, 0.15) is 39.5 Å². The van der Waals surface area contributed by atoms with Gasteiger partial charge in [0, 0.05) is 12.8 Å². The SMILES string of the molecule is CC1(C)C[C@@H](O)[C@@H](O)[C@@]2(CCC(=O)O2)C1. The van der Waals surface area contributed by atoms with Crippen molar-refractivity contribution in [3.05, 3.63) is 0 Å². The van der Waals surface area contributed by atoms with Crippen molar-refractivity contribution in [3.63, 3.8) is 0 Å². The summed E-state index contributed by atoms with van der Waals surface area (Å²) in [5.41, 5.74) is -0.929. The Hall–Kier alpha value is -0.610. The number of aliphatic hydroxyl groups is 2. The first-order valence-electron chi connectivity index (χ1n) is 5.43. The van der Waals surface area contributed by atoms with Gasteiger partial charge in [-0.2, -0.15) is 0 Å². The van der Waals surface area contributed by atoms with Crippen molar-refractivity contribution in [2.75, 3.05) is 0 Å². The molecule has 0 bridgehead atoms.